The third-order valence-electron chi connectivity index (χ3n) is 2.89. The number of nitrogens with zero attached hydrogens (tertiary/aromatic N) is 2. The monoisotopic (exact) mass is 209 g/mol. The van der Waals surface area contributed by atoms with Gasteiger partial charge in [-0.25, -0.2) is 0 Å². The van der Waals surface area contributed by atoms with Gasteiger partial charge in [0.05, 0.1) is 6.20 Å². The minimum atomic E-state index is 0.574. The molecule has 1 rings (SSSR count). The lowest BCUT2D eigenvalue weighted by atomic mass is 9.96. The molecule has 2 unspecified atom stereocenters. The summed E-state index contributed by atoms with van der Waals surface area (Å²) in [5.74, 6) is 0.653. The van der Waals surface area contributed by atoms with Crippen LogP contribution in [0, 0.1) is 5.92 Å². The van der Waals surface area contributed by atoms with Crippen molar-refractivity contribution in [1.29, 1.82) is 0 Å². The van der Waals surface area contributed by atoms with Gasteiger partial charge in [-0.1, -0.05) is 13.8 Å². The van der Waals surface area contributed by atoms with E-state index >= 15 is 0 Å². The molecule has 0 aliphatic carbocycles. The van der Waals surface area contributed by atoms with E-state index in [1.165, 1.54) is 12.0 Å². The van der Waals surface area contributed by atoms with Gasteiger partial charge in [-0.3, -0.25) is 4.68 Å². The summed E-state index contributed by atoms with van der Waals surface area (Å²) in [7, 11) is 1.97. The Morgan fingerprint density at radius 3 is 2.73 bits per heavy atom. The number of rotatable bonds is 6. The van der Waals surface area contributed by atoms with Crippen LogP contribution in [0.5, 0.6) is 0 Å². The van der Waals surface area contributed by atoms with E-state index in [-0.39, 0.29) is 0 Å². The lowest BCUT2D eigenvalue weighted by Crippen LogP contribution is -2.33. The summed E-state index contributed by atoms with van der Waals surface area (Å²) in [5.41, 5.74) is 1.33. The van der Waals surface area contributed by atoms with Crippen molar-refractivity contribution < 1.29 is 0 Å². The molecule has 1 N–H and O–H groups in total. The van der Waals surface area contributed by atoms with Gasteiger partial charge < -0.3 is 5.32 Å². The summed E-state index contributed by atoms with van der Waals surface area (Å²) in [6.45, 7) is 7.86. The first-order valence-electron chi connectivity index (χ1n) is 5.84. The third kappa shape index (κ3) is 4.04. The predicted octanol–water partition coefficient (Wildman–Crippen LogP) is 1.99. The number of hydrogen-bond donors (Lipinski definition) is 1. The summed E-state index contributed by atoms with van der Waals surface area (Å²) >= 11 is 0. The predicted molar refractivity (Wildman–Crippen MR) is 63.8 cm³/mol. The largest absolute Gasteiger partial charge is 0.314 e. The van der Waals surface area contributed by atoms with Crippen molar-refractivity contribution in [1.82, 2.24) is 15.1 Å². The molecule has 0 radical (unpaired) electrons. The van der Waals surface area contributed by atoms with Crippen molar-refractivity contribution >= 4 is 0 Å². The van der Waals surface area contributed by atoms with Gasteiger partial charge in [0.1, 0.15) is 0 Å². The Balaban J connectivity index is 2.37. The Labute approximate surface area is 92.9 Å². The number of aryl methyl sites for hydroxylation is 1. The maximum atomic E-state index is 4.19. The zero-order valence-corrected chi connectivity index (χ0v) is 10.3. The van der Waals surface area contributed by atoms with Crippen LogP contribution in [0.1, 0.15) is 32.8 Å². The van der Waals surface area contributed by atoms with E-state index in [0.717, 1.165) is 13.0 Å². The highest BCUT2D eigenvalue weighted by Gasteiger charge is 2.12. The Morgan fingerprint density at radius 2 is 2.20 bits per heavy atom. The van der Waals surface area contributed by atoms with Gasteiger partial charge in [-0.15, -0.1) is 0 Å². The molecule has 2 atom stereocenters. The molecular formula is C12H23N3. The lowest BCUT2D eigenvalue weighted by Gasteiger charge is -2.20. The molecule has 15 heavy (non-hydrogen) atoms. The molecule has 1 aromatic heterocycles. The van der Waals surface area contributed by atoms with Crippen molar-refractivity contribution in [2.45, 2.75) is 39.7 Å². The topological polar surface area (TPSA) is 29.9 Å². The molecular weight excluding hydrogens is 186 g/mol. The molecule has 3 nitrogen and oxygen atoms in total. The lowest BCUT2D eigenvalue weighted by molar-refractivity contribution is 0.399. The fourth-order valence-corrected chi connectivity index (χ4v) is 1.70. The van der Waals surface area contributed by atoms with Crippen molar-refractivity contribution in [3.8, 4) is 0 Å². The van der Waals surface area contributed by atoms with Gasteiger partial charge in [-0.05, 0) is 37.8 Å². The highest BCUT2D eigenvalue weighted by atomic mass is 15.2. The minimum Gasteiger partial charge on any atom is -0.314 e. The van der Waals surface area contributed by atoms with E-state index in [4.69, 9.17) is 0 Å². The second-order valence-electron chi connectivity index (χ2n) is 4.45. The molecule has 0 spiro atoms. The number of nitrogens with one attached hydrogen (secondary N) is 1. The van der Waals surface area contributed by atoms with Crippen LogP contribution < -0.4 is 5.32 Å². The summed E-state index contributed by atoms with van der Waals surface area (Å²) in [6.07, 6.45) is 6.36. The van der Waals surface area contributed by atoms with Crippen LogP contribution in [0.2, 0.25) is 0 Å². The van der Waals surface area contributed by atoms with Crippen LogP contribution in [-0.4, -0.2) is 22.4 Å². The van der Waals surface area contributed by atoms with Crippen LogP contribution in [0.25, 0.3) is 0 Å². The molecule has 0 saturated carbocycles. The fourth-order valence-electron chi connectivity index (χ4n) is 1.70. The SMILES string of the molecule is CCCNC(C)C(C)Cc1cnn(C)c1. The molecule has 0 aromatic carbocycles. The zero-order chi connectivity index (χ0) is 11.3. The summed E-state index contributed by atoms with van der Waals surface area (Å²) in [4.78, 5) is 0. The van der Waals surface area contributed by atoms with Crippen molar-refractivity contribution in [3.63, 3.8) is 0 Å². The van der Waals surface area contributed by atoms with E-state index in [2.05, 4.69) is 37.4 Å². The molecule has 3 heteroatoms. The van der Waals surface area contributed by atoms with E-state index in [1.54, 1.807) is 0 Å². The zero-order valence-electron chi connectivity index (χ0n) is 10.3. The van der Waals surface area contributed by atoms with Gasteiger partial charge in [-0.2, -0.15) is 5.10 Å². The standard InChI is InChI=1S/C12H23N3/c1-5-6-13-11(3)10(2)7-12-8-14-15(4)9-12/h8-11,13H,5-7H2,1-4H3. The van der Waals surface area contributed by atoms with E-state index < -0.39 is 0 Å². The van der Waals surface area contributed by atoms with Gasteiger partial charge in [0, 0.05) is 19.3 Å². The van der Waals surface area contributed by atoms with Crippen LogP contribution >= 0.6 is 0 Å². The first kappa shape index (κ1) is 12.2. The Kier molecular flexibility index (Phi) is 4.82. The number of hydrogen-bond acceptors (Lipinski definition) is 2. The van der Waals surface area contributed by atoms with Gasteiger partial charge in [0.2, 0.25) is 0 Å². The van der Waals surface area contributed by atoms with Crippen molar-refractivity contribution in [3.05, 3.63) is 18.0 Å². The molecule has 0 bridgehead atoms. The van der Waals surface area contributed by atoms with Crippen molar-refractivity contribution in [2.24, 2.45) is 13.0 Å². The molecule has 0 amide bonds. The first-order chi connectivity index (χ1) is 7.13. The smallest absolute Gasteiger partial charge is 0.0521 e. The van der Waals surface area contributed by atoms with Crippen LogP contribution in [0.15, 0.2) is 12.4 Å². The van der Waals surface area contributed by atoms with Crippen LogP contribution in [0.3, 0.4) is 0 Å². The molecule has 86 valence electrons. The molecule has 1 aromatic rings. The van der Waals surface area contributed by atoms with Crippen LogP contribution in [0.4, 0.5) is 0 Å². The highest BCUT2D eigenvalue weighted by molar-refractivity contribution is 5.05. The second-order valence-corrected chi connectivity index (χ2v) is 4.45. The van der Waals surface area contributed by atoms with Crippen LogP contribution in [-0.2, 0) is 13.5 Å². The van der Waals surface area contributed by atoms with Gasteiger partial charge >= 0.3 is 0 Å². The summed E-state index contributed by atoms with van der Waals surface area (Å²) in [6, 6.07) is 0.574. The molecule has 0 saturated heterocycles. The van der Waals surface area contributed by atoms with E-state index in [9.17, 15) is 0 Å². The second kappa shape index (κ2) is 5.91. The summed E-state index contributed by atoms with van der Waals surface area (Å²) in [5, 5.41) is 7.72. The Bertz CT molecular complexity index is 280. The molecule has 0 aliphatic rings. The van der Waals surface area contributed by atoms with Crippen molar-refractivity contribution in [2.75, 3.05) is 6.54 Å². The van der Waals surface area contributed by atoms with Gasteiger partial charge in [0.25, 0.3) is 0 Å². The normalized spacial score (nSPS) is 15.2. The Hall–Kier alpha value is -0.830. The molecule has 0 aliphatic heterocycles. The fraction of sp³-hybridized carbons (Fsp3) is 0.750. The molecule has 0 fully saturated rings. The quantitative estimate of drug-likeness (QED) is 0.776. The maximum absolute atomic E-state index is 4.19. The summed E-state index contributed by atoms with van der Waals surface area (Å²) < 4.78 is 1.87. The maximum Gasteiger partial charge on any atom is 0.0521 e. The van der Waals surface area contributed by atoms with E-state index in [1.807, 2.05) is 17.9 Å². The van der Waals surface area contributed by atoms with Gasteiger partial charge in [0.15, 0.2) is 0 Å². The van der Waals surface area contributed by atoms with E-state index in [0.29, 0.717) is 12.0 Å². The average molecular weight is 209 g/mol. The third-order valence-corrected chi connectivity index (χ3v) is 2.89. The number of aromatic nitrogens is 2. The Morgan fingerprint density at radius 1 is 1.47 bits per heavy atom. The highest BCUT2D eigenvalue weighted by Crippen LogP contribution is 2.11. The first-order valence-corrected chi connectivity index (χ1v) is 5.84. The minimum absolute atomic E-state index is 0.574. The average Bonchev–Trinajstić information content (AvgIpc) is 2.60. The molecule has 1 heterocycles.